The van der Waals surface area contributed by atoms with E-state index in [2.05, 4.69) is 10.9 Å². The number of amides is 2. The maximum Gasteiger partial charge on any atom is 0.279 e. The molecular weight excluding hydrogens is 272 g/mol. The third kappa shape index (κ3) is 3.82. The molecule has 2 amide bonds. The number of hydrogen-bond donors (Lipinski definition) is 2. The van der Waals surface area contributed by atoms with Gasteiger partial charge in [0.15, 0.2) is 0 Å². The molecule has 1 aromatic rings. The van der Waals surface area contributed by atoms with Crippen LogP contribution in [0.15, 0.2) is 6.07 Å². The van der Waals surface area contributed by atoms with E-state index in [4.69, 9.17) is 0 Å². The summed E-state index contributed by atoms with van der Waals surface area (Å²) in [5, 5.41) is 0. The first-order chi connectivity index (χ1) is 9.58. The molecule has 4 nitrogen and oxygen atoms in total. The minimum Gasteiger partial charge on any atom is -0.273 e. The van der Waals surface area contributed by atoms with Crippen molar-refractivity contribution in [2.75, 3.05) is 0 Å². The van der Waals surface area contributed by atoms with Crippen molar-refractivity contribution in [3.8, 4) is 0 Å². The van der Waals surface area contributed by atoms with Crippen LogP contribution in [-0.4, -0.2) is 11.8 Å². The highest BCUT2D eigenvalue weighted by Gasteiger charge is 2.16. The summed E-state index contributed by atoms with van der Waals surface area (Å²) in [6, 6.07) is 1.99. The Morgan fingerprint density at radius 3 is 2.50 bits per heavy atom. The van der Waals surface area contributed by atoms with Crippen molar-refractivity contribution in [1.82, 2.24) is 10.9 Å². The summed E-state index contributed by atoms with van der Waals surface area (Å²) >= 11 is 1.56. The monoisotopic (exact) mass is 294 g/mol. The van der Waals surface area contributed by atoms with Crippen molar-refractivity contribution in [2.24, 2.45) is 5.92 Å². The summed E-state index contributed by atoms with van der Waals surface area (Å²) in [5.41, 5.74) is 6.26. The lowest BCUT2D eigenvalue weighted by molar-refractivity contribution is -0.124. The zero-order chi connectivity index (χ0) is 14.5. The van der Waals surface area contributed by atoms with Crippen LogP contribution in [-0.2, 0) is 17.6 Å². The summed E-state index contributed by atoms with van der Waals surface area (Å²) in [6.45, 7) is 3.58. The van der Waals surface area contributed by atoms with Crippen LogP contribution >= 0.6 is 11.3 Å². The van der Waals surface area contributed by atoms with E-state index in [1.54, 1.807) is 25.2 Å². The third-order valence-electron chi connectivity index (χ3n) is 3.54. The van der Waals surface area contributed by atoms with E-state index in [1.807, 2.05) is 6.07 Å². The van der Waals surface area contributed by atoms with Crippen LogP contribution in [0, 0.1) is 5.92 Å². The summed E-state index contributed by atoms with van der Waals surface area (Å²) in [5.74, 6) is -0.525. The first-order valence-corrected chi connectivity index (χ1v) is 8.11. The second-order valence-corrected chi connectivity index (χ2v) is 6.71. The SMILES string of the molecule is CC(C)C(=O)NNC(=O)c1cc2c(s1)CCCCCC2. The van der Waals surface area contributed by atoms with Crippen LogP contribution < -0.4 is 10.9 Å². The Hall–Kier alpha value is -1.36. The zero-order valence-corrected chi connectivity index (χ0v) is 12.9. The van der Waals surface area contributed by atoms with Gasteiger partial charge in [-0.1, -0.05) is 26.7 Å². The number of nitrogens with one attached hydrogen (secondary N) is 2. The van der Waals surface area contributed by atoms with Crippen molar-refractivity contribution in [3.05, 3.63) is 21.4 Å². The summed E-state index contributed by atoms with van der Waals surface area (Å²) in [4.78, 5) is 25.5. The van der Waals surface area contributed by atoms with E-state index in [1.165, 1.54) is 36.1 Å². The maximum atomic E-state index is 12.0. The number of thiophene rings is 1. The number of rotatable bonds is 2. The molecule has 0 spiro atoms. The molecule has 1 heterocycles. The van der Waals surface area contributed by atoms with Crippen LogP contribution in [0.2, 0.25) is 0 Å². The fourth-order valence-corrected chi connectivity index (χ4v) is 3.43. The number of carbonyl (C=O) groups is 2. The van der Waals surface area contributed by atoms with Crippen molar-refractivity contribution in [1.29, 1.82) is 0 Å². The molecule has 1 aliphatic rings. The Morgan fingerprint density at radius 1 is 1.10 bits per heavy atom. The molecule has 5 heteroatoms. The number of aryl methyl sites for hydroxylation is 2. The van der Waals surface area contributed by atoms with Gasteiger partial charge >= 0.3 is 0 Å². The predicted molar refractivity (Wildman–Crippen MR) is 80.6 cm³/mol. The maximum absolute atomic E-state index is 12.0. The largest absolute Gasteiger partial charge is 0.279 e. The normalized spacial score (nSPS) is 15.2. The van der Waals surface area contributed by atoms with E-state index < -0.39 is 0 Å². The fraction of sp³-hybridized carbons (Fsp3) is 0.600. The van der Waals surface area contributed by atoms with Gasteiger partial charge in [-0.05, 0) is 37.3 Å². The number of hydrazine groups is 1. The average Bonchev–Trinajstić information content (AvgIpc) is 2.78. The average molecular weight is 294 g/mol. The Labute approximate surface area is 123 Å². The molecule has 0 radical (unpaired) electrons. The molecule has 20 heavy (non-hydrogen) atoms. The zero-order valence-electron chi connectivity index (χ0n) is 12.1. The van der Waals surface area contributed by atoms with Crippen LogP contribution in [0.5, 0.6) is 0 Å². The summed E-state index contributed by atoms with van der Waals surface area (Å²) in [7, 11) is 0. The number of fused-ring (bicyclic) bond motifs is 1. The molecule has 110 valence electrons. The van der Waals surface area contributed by atoms with Gasteiger partial charge in [0.1, 0.15) is 0 Å². The molecular formula is C15H22N2O2S. The number of carbonyl (C=O) groups excluding carboxylic acids is 2. The van der Waals surface area contributed by atoms with Gasteiger partial charge in [-0.15, -0.1) is 11.3 Å². The smallest absolute Gasteiger partial charge is 0.273 e. The molecule has 1 aromatic heterocycles. The van der Waals surface area contributed by atoms with Crippen LogP contribution in [0.1, 0.15) is 59.6 Å². The van der Waals surface area contributed by atoms with Gasteiger partial charge in [0.2, 0.25) is 5.91 Å². The Morgan fingerprint density at radius 2 is 1.80 bits per heavy atom. The molecule has 0 saturated carbocycles. The van der Waals surface area contributed by atoms with Gasteiger partial charge in [0.25, 0.3) is 5.91 Å². The second-order valence-electron chi connectivity index (χ2n) is 5.57. The van der Waals surface area contributed by atoms with Gasteiger partial charge in [0.05, 0.1) is 4.88 Å². The fourth-order valence-electron chi connectivity index (χ4n) is 2.28. The van der Waals surface area contributed by atoms with Crippen molar-refractivity contribution in [3.63, 3.8) is 0 Å². The van der Waals surface area contributed by atoms with Crippen LogP contribution in [0.25, 0.3) is 0 Å². The first-order valence-electron chi connectivity index (χ1n) is 7.29. The van der Waals surface area contributed by atoms with E-state index in [9.17, 15) is 9.59 Å². The van der Waals surface area contributed by atoms with Gasteiger partial charge in [-0.25, -0.2) is 0 Å². The van der Waals surface area contributed by atoms with Crippen molar-refractivity contribution in [2.45, 2.75) is 52.4 Å². The molecule has 0 atom stereocenters. The van der Waals surface area contributed by atoms with Gasteiger partial charge in [-0.3, -0.25) is 20.4 Å². The highest BCUT2D eigenvalue weighted by molar-refractivity contribution is 7.14. The third-order valence-corrected chi connectivity index (χ3v) is 4.78. The Kier molecular flexibility index (Phi) is 5.17. The lowest BCUT2D eigenvalue weighted by Gasteiger charge is -2.07. The van der Waals surface area contributed by atoms with Crippen molar-refractivity contribution >= 4 is 23.2 Å². The molecule has 0 unspecified atom stereocenters. The standard InChI is InChI=1S/C15H22N2O2S/c1-10(2)14(18)16-17-15(19)13-9-11-7-5-3-4-6-8-12(11)20-13/h9-10H,3-8H2,1-2H3,(H,16,18)(H,17,19). The lowest BCUT2D eigenvalue weighted by Crippen LogP contribution is -2.43. The minimum absolute atomic E-state index is 0.140. The van der Waals surface area contributed by atoms with Gasteiger partial charge in [0, 0.05) is 10.8 Å². The van der Waals surface area contributed by atoms with Gasteiger partial charge < -0.3 is 0 Å². The molecule has 0 aromatic carbocycles. The Bertz CT molecular complexity index is 469. The molecule has 1 aliphatic carbocycles. The lowest BCUT2D eigenvalue weighted by atomic mass is 10.00. The summed E-state index contributed by atoms with van der Waals surface area (Å²) < 4.78 is 0. The van der Waals surface area contributed by atoms with Crippen molar-refractivity contribution < 1.29 is 9.59 Å². The molecule has 0 aliphatic heterocycles. The van der Waals surface area contributed by atoms with Crippen LogP contribution in [0.4, 0.5) is 0 Å². The first kappa shape index (κ1) is 15.0. The molecule has 0 bridgehead atoms. The summed E-state index contributed by atoms with van der Waals surface area (Å²) in [6.07, 6.45) is 7.11. The molecule has 2 rings (SSSR count). The van der Waals surface area contributed by atoms with E-state index in [0.29, 0.717) is 4.88 Å². The quantitative estimate of drug-likeness (QED) is 0.824. The molecule has 0 fully saturated rings. The van der Waals surface area contributed by atoms with Gasteiger partial charge in [-0.2, -0.15) is 0 Å². The second kappa shape index (κ2) is 6.88. The highest BCUT2D eigenvalue weighted by atomic mass is 32.1. The van der Waals surface area contributed by atoms with Crippen LogP contribution in [0.3, 0.4) is 0 Å². The topological polar surface area (TPSA) is 58.2 Å². The Balaban J connectivity index is 2.00. The molecule has 2 N–H and O–H groups in total. The minimum atomic E-state index is -0.212. The predicted octanol–water partition coefficient (Wildman–Crippen LogP) is 2.82. The highest BCUT2D eigenvalue weighted by Crippen LogP contribution is 2.28. The van der Waals surface area contributed by atoms with E-state index in [-0.39, 0.29) is 17.7 Å². The van der Waals surface area contributed by atoms with E-state index in [0.717, 1.165) is 12.8 Å². The van der Waals surface area contributed by atoms with E-state index >= 15 is 0 Å². The molecule has 0 saturated heterocycles. The number of hydrogen-bond acceptors (Lipinski definition) is 3.